The minimum absolute atomic E-state index is 0.0254. The summed E-state index contributed by atoms with van der Waals surface area (Å²) < 4.78 is 36.3. The molecule has 0 aliphatic rings. The molecule has 1 rings (SSSR count). The molecule has 0 unspecified atom stereocenters. The molecule has 0 bridgehead atoms. The fourth-order valence-electron chi connectivity index (χ4n) is 1.15. The molecule has 19 heavy (non-hydrogen) atoms. The molecule has 5 nitrogen and oxygen atoms in total. The van der Waals surface area contributed by atoms with Gasteiger partial charge in [-0.1, -0.05) is 15.9 Å². The number of carboxylic acids is 1. The van der Waals surface area contributed by atoms with Gasteiger partial charge >= 0.3 is 18.1 Å². The van der Waals surface area contributed by atoms with Crippen molar-refractivity contribution in [1.29, 1.82) is 5.26 Å². The zero-order valence-corrected chi connectivity index (χ0v) is 11.2. The molecule has 0 aromatic carbocycles. The maximum absolute atomic E-state index is 12.1. The summed E-state index contributed by atoms with van der Waals surface area (Å²) in [6.45, 7) is 0. The van der Waals surface area contributed by atoms with Gasteiger partial charge in [0.15, 0.2) is 0 Å². The second-order valence-corrected chi connectivity index (χ2v) is 4.70. The van der Waals surface area contributed by atoms with Crippen molar-refractivity contribution in [3.8, 4) is 6.07 Å². The number of carbonyl (C=O) groups is 2. The SMILES string of the molecule is N#Cc1c(NC(=O)C(F)(F)F)sc(C(=O)O)c1CBr. The molecule has 1 heterocycles. The lowest BCUT2D eigenvalue weighted by atomic mass is 10.2. The Balaban J connectivity index is 3.27. The van der Waals surface area contributed by atoms with Crippen LogP contribution in [0.3, 0.4) is 0 Å². The molecule has 0 aliphatic carbocycles. The number of halogens is 4. The Morgan fingerprint density at radius 2 is 2.05 bits per heavy atom. The highest BCUT2D eigenvalue weighted by atomic mass is 79.9. The standard InChI is InChI=1S/C9H4BrF3N2O3S/c10-1-3-4(2-14)6(19-5(3)7(16)17)15-8(18)9(11,12)13/h1H2,(H,15,18)(H,16,17). The number of thiophene rings is 1. The Labute approximate surface area is 116 Å². The summed E-state index contributed by atoms with van der Waals surface area (Å²) >= 11 is 3.35. The number of nitriles is 1. The molecule has 0 aliphatic heterocycles. The number of amides is 1. The summed E-state index contributed by atoms with van der Waals surface area (Å²) in [6, 6.07) is 1.58. The van der Waals surface area contributed by atoms with Crippen LogP contribution in [0.1, 0.15) is 20.8 Å². The van der Waals surface area contributed by atoms with Crippen LogP contribution in [0.5, 0.6) is 0 Å². The van der Waals surface area contributed by atoms with E-state index in [0.29, 0.717) is 11.3 Å². The van der Waals surface area contributed by atoms with Gasteiger partial charge in [0.05, 0.1) is 5.56 Å². The summed E-state index contributed by atoms with van der Waals surface area (Å²) in [5.41, 5.74) is -0.269. The topological polar surface area (TPSA) is 90.2 Å². The minimum atomic E-state index is -5.12. The Bertz CT molecular complexity index is 576. The lowest BCUT2D eigenvalue weighted by Gasteiger charge is -2.05. The van der Waals surface area contributed by atoms with Gasteiger partial charge in [-0.05, 0) is 0 Å². The summed E-state index contributed by atoms with van der Waals surface area (Å²) in [5, 5.41) is 18.8. The number of carbonyl (C=O) groups excluding carboxylic acids is 1. The fourth-order valence-corrected chi connectivity index (χ4v) is 2.90. The van der Waals surface area contributed by atoms with E-state index in [-0.39, 0.29) is 21.3 Å². The van der Waals surface area contributed by atoms with Crippen LogP contribution in [-0.4, -0.2) is 23.2 Å². The number of hydrogen-bond donors (Lipinski definition) is 2. The van der Waals surface area contributed by atoms with Gasteiger partial charge in [0.25, 0.3) is 0 Å². The predicted molar refractivity (Wildman–Crippen MR) is 63.3 cm³/mol. The average Bonchev–Trinajstić information content (AvgIpc) is 2.65. The van der Waals surface area contributed by atoms with Gasteiger partial charge in [0.2, 0.25) is 0 Å². The monoisotopic (exact) mass is 356 g/mol. The second kappa shape index (κ2) is 5.58. The number of nitrogens with zero attached hydrogens (tertiary/aromatic N) is 1. The first-order chi connectivity index (χ1) is 8.72. The van der Waals surface area contributed by atoms with Crippen molar-refractivity contribution < 1.29 is 27.9 Å². The van der Waals surface area contributed by atoms with E-state index >= 15 is 0 Å². The Kier molecular flexibility index (Phi) is 4.54. The quantitative estimate of drug-likeness (QED) is 0.814. The van der Waals surface area contributed by atoms with Gasteiger partial charge in [-0.15, -0.1) is 11.3 Å². The first-order valence-corrected chi connectivity index (χ1v) is 6.39. The molecule has 1 aromatic heterocycles. The van der Waals surface area contributed by atoms with Crippen LogP contribution in [0.4, 0.5) is 18.2 Å². The van der Waals surface area contributed by atoms with Crippen molar-refractivity contribution in [3.05, 3.63) is 16.0 Å². The van der Waals surface area contributed by atoms with Gasteiger partial charge in [0.1, 0.15) is 15.9 Å². The van der Waals surface area contributed by atoms with Crippen molar-refractivity contribution in [2.45, 2.75) is 11.5 Å². The van der Waals surface area contributed by atoms with Crippen LogP contribution >= 0.6 is 27.3 Å². The van der Waals surface area contributed by atoms with Gasteiger partial charge in [-0.3, -0.25) is 4.79 Å². The molecule has 0 radical (unpaired) electrons. The maximum atomic E-state index is 12.1. The molecule has 0 saturated carbocycles. The molecular weight excluding hydrogens is 353 g/mol. The third-order valence-corrected chi connectivity index (χ3v) is 3.63. The summed E-state index contributed by atoms with van der Waals surface area (Å²) in [6.07, 6.45) is -5.12. The Hall–Kier alpha value is -1.60. The normalized spacial score (nSPS) is 10.9. The number of carboxylic acid groups (broad SMARTS) is 1. The van der Waals surface area contributed by atoms with E-state index in [9.17, 15) is 22.8 Å². The second-order valence-electron chi connectivity index (χ2n) is 3.12. The van der Waals surface area contributed by atoms with Crippen molar-refractivity contribution in [3.63, 3.8) is 0 Å². The van der Waals surface area contributed by atoms with Gasteiger partial charge in [-0.2, -0.15) is 18.4 Å². The van der Waals surface area contributed by atoms with Crippen molar-refractivity contribution in [1.82, 2.24) is 0 Å². The molecule has 1 amide bonds. The number of hydrogen-bond acceptors (Lipinski definition) is 4. The molecule has 0 spiro atoms. The Morgan fingerprint density at radius 1 is 1.47 bits per heavy atom. The number of rotatable bonds is 3. The lowest BCUT2D eigenvalue weighted by Crippen LogP contribution is -2.29. The van der Waals surface area contributed by atoms with Crippen LogP contribution in [0.25, 0.3) is 0 Å². The van der Waals surface area contributed by atoms with E-state index in [4.69, 9.17) is 10.4 Å². The van der Waals surface area contributed by atoms with Crippen LogP contribution < -0.4 is 5.32 Å². The van der Waals surface area contributed by atoms with Crippen LogP contribution in [-0.2, 0) is 10.1 Å². The van der Waals surface area contributed by atoms with Crippen LogP contribution in [0.15, 0.2) is 0 Å². The highest BCUT2D eigenvalue weighted by Gasteiger charge is 2.39. The molecule has 1 aromatic rings. The largest absolute Gasteiger partial charge is 0.477 e. The van der Waals surface area contributed by atoms with Crippen LogP contribution in [0, 0.1) is 11.3 Å². The zero-order valence-electron chi connectivity index (χ0n) is 8.84. The maximum Gasteiger partial charge on any atom is 0.471 e. The number of anilines is 1. The molecule has 2 N–H and O–H groups in total. The average molecular weight is 357 g/mol. The van der Waals surface area contributed by atoms with Gasteiger partial charge < -0.3 is 10.4 Å². The molecule has 0 saturated heterocycles. The van der Waals surface area contributed by atoms with E-state index in [1.165, 1.54) is 5.32 Å². The summed E-state index contributed by atoms with van der Waals surface area (Å²) in [4.78, 5) is 21.4. The van der Waals surface area contributed by atoms with Crippen LogP contribution in [0.2, 0.25) is 0 Å². The third-order valence-electron chi connectivity index (χ3n) is 1.93. The van der Waals surface area contributed by atoms with E-state index in [1.54, 1.807) is 6.07 Å². The smallest absolute Gasteiger partial charge is 0.471 e. The van der Waals surface area contributed by atoms with E-state index < -0.39 is 23.1 Å². The summed E-state index contributed by atoms with van der Waals surface area (Å²) in [5.74, 6) is -3.65. The first-order valence-electron chi connectivity index (χ1n) is 4.45. The number of alkyl halides is 4. The van der Waals surface area contributed by atoms with E-state index in [2.05, 4.69) is 15.9 Å². The Morgan fingerprint density at radius 3 is 2.42 bits per heavy atom. The minimum Gasteiger partial charge on any atom is -0.477 e. The summed E-state index contributed by atoms with van der Waals surface area (Å²) in [7, 11) is 0. The number of nitrogens with one attached hydrogen (secondary N) is 1. The van der Waals surface area contributed by atoms with Gasteiger partial charge in [-0.25, -0.2) is 4.79 Å². The van der Waals surface area contributed by atoms with Crippen molar-refractivity contribution in [2.24, 2.45) is 0 Å². The molecule has 102 valence electrons. The predicted octanol–water partition coefficient (Wildman–Crippen LogP) is 2.71. The van der Waals surface area contributed by atoms with Crippen molar-refractivity contribution >= 4 is 44.1 Å². The lowest BCUT2D eigenvalue weighted by molar-refractivity contribution is -0.167. The highest BCUT2D eigenvalue weighted by molar-refractivity contribution is 9.08. The number of aromatic carboxylic acids is 1. The van der Waals surface area contributed by atoms with E-state index in [0.717, 1.165) is 0 Å². The fraction of sp³-hybridized carbons (Fsp3) is 0.222. The van der Waals surface area contributed by atoms with Gasteiger partial charge in [0, 0.05) is 10.9 Å². The van der Waals surface area contributed by atoms with Crippen molar-refractivity contribution in [2.75, 3.05) is 5.32 Å². The highest BCUT2D eigenvalue weighted by Crippen LogP contribution is 2.35. The molecule has 0 atom stereocenters. The molecule has 10 heteroatoms. The molecule has 0 fully saturated rings. The molecular formula is C9H4BrF3N2O3S. The third kappa shape index (κ3) is 3.24. The zero-order chi connectivity index (χ0) is 14.8. The van der Waals surface area contributed by atoms with E-state index in [1.807, 2.05) is 0 Å². The first kappa shape index (κ1) is 15.5.